The maximum absolute atomic E-state index is 12.6. The molecule has 1 saturated heterocycles. The van der Waals surface area contributed by atoms with Crippen molar-refractivity contribution in [1.82, 2.24) is 15.5 Å². The number of amides is 2. The second kappa shape index (κ2) is 7.22. The van der Waals surface area contributed by atoms with Gasteiger partial charge in [-0.2, -0.15) is 0 Å². The van der Waals surface area contributed by atoms with E-state index < -0.39 is 0 Å². The molecule has 0 saturated carbocycles. The smallest absolute Gasteiger partial charge is 0.241 e. The number of carbonyl (C=O) groups is 2. The molecule has 1 atom stereocenters. The third kappa shape index (κ3) is 4.29. The molecular formula is C16H23N3O2. The topological polar surface area (TPSA) is 61.4 Å². The van der Waals surface area contributed by atoms with Crippen LogP contribution in [0.1, 0.15) is 24.5 Å². The highest BCUT2D eigenvalue weighted by atomic mass is 16.2. The minimum Gasteiger partial charge on any atom is -0.353 e. The Morgan fingerprint density at radius 2 is 2.05 bits per heavy atom. The van der Waals surface area contributed by atoms with Gasteiger partial charge in [0.1, 0.15) is 6.04 Å². The van der Waals surface area contributed by atoms with Crippen molar-refractivity contribution < 1.29 is 9.59 Å². The van der Waals surface area contributed by atoms with Crippen molar-refractivity contribution in [2.75, 3.05) is 19.6 Å². The first-order valence-electron chi connectivity index (χ1n) is 7.44. The Bertz CT molecular complexity index is 489. The number of carbonyl (C=O) groups excluding carboxylic acids is 2. The maximum atomic E-state index is 12.6. The zero-order valence-electron chi connectivity index (χ0n) is 12.7. The van der Waals surface area contributed by atoms with E-state index in [2.05, 4.69) is 41.8 Å². The summed E-state index contributed by atoms with van der Waals surface area (Å²) in [6.45, 7) is 6.02. The van der Waals surface area contributed by atoms with Gasteiger partial charge in [-0.1, -0.05) is 36.8 Å². The van der Waals surface area contributed by atoms with Gasteiger partial charge in [0.05, 0.1) is 6.54 Å². The highest BCUT2D eigenvalue weighted by molar-refractivity contribution is 5.86. The summed E-state index contributed by atoms with van der Waals surface area (Å²) in [6.07, 6.45) is 0.913. The van der Waals surface area contributed by atoms with Crippen LogP contribution >= 0.6 is 0 Å². The van der Waals surface area contributed by atoms with E-state index in [1.165, 1.54) is 5.56 Å². The Labute approximate surface area is 125 Å². The molecule has 2 amide bonds. The van der Waals surface area contributed by atoms with Gasteiger partial charge in [0.25, 0.3) is 0 Å². The molecule has 0 aliphatic carbocycles. The molecule has 5 heteroatoms. The Morgan fingerprint density at radius 3 is 2.62 bits per heavy atom. The van der Waals surface area contributed by atoms with E-state index >= 15 is 0 Å². The van der Waals surface area contributed by atoms with Crippen molar-refractivity contribution in [2.45, 2.75) is 32.9 Å². The molecular weight excluding hydrogens is 266 g/mol. The maximum Gasteiger partial charge on any atom is 0.241 e. The molecule has 1 aromatic carbocycles. The lowest BCUT2D eigenvalue weighted by Crippen LogP contribution is -2.58. The zero-order valence-corrected chi connectivity index (χ0v) is 12.7. The van der Waals surface area contributed by atoms with E-state index in [9.17, 15) is 9.59 Å². The van der Waals surface area contributed by atoms with Crippen LogP contribution in [0.2, 0.25) is 0 Å². The molecule has 21 heavy (non-hydrogen) atoms. The molecule has 1 aliphatic heterocycles. The molecule has 2 N–H and O–H groups in total. The van der Waals surface area contributed by atoms with Crippen LogP contribution < -0.4 is 10.6 Å². The summed E-state index contributed by atoms with van der Waals surface area (Å²) in [5.41, 5.74) is 2.34. The number of nitrogens with one attached hydrogen (secondary N) is 2. The fraction of sp³-hybridized carbons (Fsp3) is 0.500. The summed E-state index contributed by atoms with van der Waals surface area (Å²) < 4.78 is 0. The van der Waals surface area contributed by atoms with Gasteiger partial charge in [-0.15, -0.1) is 0 Å². The molecule has 1 unspecified atom stereocenters. The van der Waals surface area contributed by atoms with Crippen molar-refractivity contribution in [3.8, 4) is 0 Å². The van der Waals surface area contributed by atoms with Gasteiger partial charge in [-0.3, -0.25) is 14.9 Å². The number of aryl methyl sites for hydroxylation is 1. The van der Waals surface area contributed by atoms with Gasteiger partial charge < -0.3 is 10.2 Å². The zero-order chi connectivity index (χ0) is 15.2. The van der Waals surface area contributed by atoms with Crippen LogP contribution in [0.25, 0.3) is 0 Å². The molecule has 0 radical (unpaired) electrons. The van der Waals surface area contributed by atoms with E-state index in [1.807, 2.05) is 11.8 Å². The lowest BCUT2D eigenvalue weighted by atomic mass is 10.1. The molecule has 0 aromatic heterocycles. The van der Waals surface area contributed by atoms with Gasteiger partial charge in [0, 0.05) is 19.6 Å². The predicted molar refractivity (Wildman–Crippen MR) is 81.7 cm³/mol. The fourth-order valence-corrected chi connectivity index (χ4v) is 2.41. The van der Waals surface area contributed by atoms with Gasteiger partial charge in [-0.25, -0.2) is 0 Å². The summed E-state index contributed by atoms with van der Waals surface area (Å²) in [5, 5.41) is 5.73. The van der Waals surface area contributed by atoms with Crippen molar-refractivity contribution in [1.29, 1.82) is 0 Å². The number of benzene rings is 1. The number of rotatable bonds is 5. The number of hydrogen-bond donors (Lipinski definition) is 2. The van der Waals surface area contributed by atoms with Crippen LogP contribution in [0.3, 0.4) is 0 Å². The van der Waals surface area contributed by atoms with Crippen LogP contribution in [-0.2, 0) is 16.1 Å². The van der Waals surface area contributed by atoms with Crippen LogP contribution in [0.4, 0.5) is 0 Å². The summed E-state index contributed by atoms with van der Waals surface area (Å²) in [4.78, 5) is 25.6. The molecule has 114 valence electrons. The molecule has 0 bridgehead atoms. The standard InChI is InChI=1S/C16H23N3O2/c1-3-8-19(11-13-6-4-12(2)5-7-13)16(21)14-9-18-15(20)10-17-14/h4-7,14,17H,3,8-11H2,1-2H3,(H,18,20). The van der Waals surface area contributed by atoms with Crippen LogP contribution in [0, 0.1) is 6.92 Å². The Morgan fingerprint density at radius 1 is 1.33 bits per heavy atom. The molecule has 1 aliphatic rings. The average molecular weight is 289 g/mol. The van der Waals surface area contributed by atoms with Gasteiger partial charge in [-0.05, 0) is 18.9 Å². The Kier molecular flexibility index (Phi) is 5.33. The Balaban J connectivity index is 2.01. The van der Waals surface area contributed by atoms with Crippen molar-refractivity contribution in [2.24, 2.45) is 0 Å². The molecule has 1 fully saturated rings. The Hall–Kier alpha value is -1.88. The fourth-order valence-electron chi connectivity index (χ4n) is 2.41. The summed E-state index contributed by atoms with van der Waals surface area (Å²) in [5.74, 6) is -0.00273. The largest absolute Gasteiger partial charge is 0.353 e. The number of piperazine rings is 1. The van der Waals surface area contributed by atoms with E-state index in [0.717, 1.165) is 18.5 Å². The highest BCUT2D eigenvalue weighted by Crippen LogP contribution is 2.09. The summed E-state index contributed by atoms with van der Waals surface area (Å²) >= 11 is 0. The van der Waals surface area contributed by atoms with Crippen molar-refractivity contribution in [3.05, 3.63) is 35.4 Å². The predicted octanol–water partition coefficient (Wildman–Crippen LogP) is 0.822. The first-order valence-corrected chi connectivity index (χ1v) is 7.44. The summed E-state index contributed by atoms with van der Waals surface area (Å²) in [6, 6.07) is 7.91. The highest BCUT2D eigenvalue weighted by Gasteiger charge is 2.27. The molecule has 0 spiro atoms. The minimum atomic E-state index is -0.320. The average Bonchev–Trinajstić information content (AvgIpc) is 2.49. The summed E-state index contributed by atoms with van der Waals surface area (Å²) in [7, 11) is 0. The van der Waals surface area contributed by atoms with Crippen LogP contribution in [0.15, 0.2) is 24.3 Å². The molecule has 1 aromatic rings. The molecule has 5 nitrogen and oxygen atoms in total. The lowest BCUT2D eigenvalue weighted by Gasteiger charge is -2.30. The SMILES string of the molecule is CCCN(Cc1ccc(C)cc1)C(=O)C1CNC(=O)CN1. The van der Waals surface area contributed by atoms with E-state index in [1.54, 1.807) is 0 Å². The monoisotopic (exact) mass is 289 g/mol. The van der Waals surface area contributed by atoms with Crippen LogP contribution in [0.5, 0.6) is 0 Å². The van der Waals surface area contributed by atoms with Gasteiger partial charge in [0.15, 0.2) is 0 Å². The third-order valence-electron chi connectivity index (χ3n) is 3.61. The first kappa shape index (κ1) is 15.5. The normalized spacial score (nSPS) is 18.2. The van der Waals surface area contributed by atoms with E-state index in [0.29, 0.717) is 13.1 Å². The van der Waals surface area contributed by atoms with Crippen molar-refractivity contribution in [3.63, 3.8) is 0 Å². The van der Waals surface area contributed by atoms with Gasteiger partial charge in [0.2, 0.25) is 11.8 Å². The number of nitrogens with zero attached hydrogens (tertiary/aromatic N) is 1. The number of hydrogen-bond acceptors (Lipinski definition) is 3. The van der Waals surface area contributed by atoms with Crippen LogP contribution in [-0.4, -0.2) is 42.4 Å². The van der Waals surface area contributed by atoms with Crippen molar-refractivity contribution >= 4 is 11.8 Å². The quantitative estimate of drug-likeness (QED) is 0.844. The first-order chi connectivity index (χ1) is 10.1. The van der Waals surface area contributed by atoms with E-state index in [-0.39, 0.29) is 24.4 Å². The van der Waals surface area contributed by atoms with E-state index in [4.69, 9.17) is 0 Å². The lowest BCUT2D eigenvalue weighted by molar-refractivity contribution is -0.135. The second-order valence-corrected chi connectivity index (χ2v) is 5.48. The molecule has 2 rings (SSSR count). The minimum absolute atomic E-state index is 0.0532. The van der Waals surface area contributed by atoms with Gasteiger partial charge >= 0.3 is 0 Å². The molecule has 1 heterocycles. The second-order valence-electron chi connectivity index (χ2n) is 5.48. The third-order valence-corrected chi connectivity index (χ3v) is 3.61.